The Morgan fingerprint density at radius 3 is 2.50 bits per heavy atom. The van der Waals surface area contributed by atoms with E-state index in [1.807, 2.05) is 0 Å². The summed E-state index contributed by atoms with van der Waals surface area (Å²) in [6.45, 7) is 3.49. The Labute approximate surface area is 111 Å². The first-order valence-electron chi connectivity index (χ1n) is 7.10. The van der Waals surface area contributed by atoms with Crippen LogP contribution in [0.1, 0.15) is 45.4 Å². The quantitative estimate of drug-likeness (QED) is 0.706. The zero-order valence-corrected chi connectivity index (χ0v) is 12.0. The third-order valence-corrected chi connectivity index (χ3v) is 4.08. The van der Waals surface area contributed by atoms with Crippen molar-refractivity contribution in [2.45, 2.75) is 51.0 Å². The summed E-state index contributed by atoms with van der Waals surface area (Å²) in [4.78, 5) is 13.0. The van der Waals surface area contributed by atoms with Crippen molar-refractivity contribution in [3.8, 4) is 0 Å². The van der Waals surface area contributed by atoms with Crippen LogP contribution in [-0.2, 0) is 4.79 Å². The van der Waals surface area contributed by atoms with Gasteiger partial charge in [-0.3, -0.25) is 4.79 Å². The third kappa shape index (κ3) is 4.94. The van der Waals surface area contributed by atoms with E-state index in [0.717, 1.165) is 31.6 Å². The summed E-state index contributed by atoms with van der Waals surface area (Å²) in [5, 5.41) is 13.6. The second-order valence-electron chi connectivity index (χ2n) is 5.79. The lowest BCUT2D eigenvalue weighted by Crippen LogP contribution is -2.44. The van der Waals surface area contributed by atoms with E-state index in [1.54, 1.807) is 19.0 Å². The maximum absolute atomic E-state index is 11.4. The Morgan fingerprint density at radius 2 is 2.00 bits per heavy atom. The molecule has 4 nitrogen and oxygen atoms in total. The van der Waals surface area contributed by atoms with Gasteiger partial charge in [0.05, 0.1) is 5.60 Å². The second-order valence-corrected chi connectivity index (χ2v) is 5.79. The highest BCUT2D eigenvalue weighted by molar-refractivity contribution is 5.75. The number of rotatable bonds is 6. The molecule has 0 aromatic rings. The van der Waals surface area contributed by atoms with Gasteiger partial charge in [0, 0.05) is 33.6 Å². The molecule has 1 aliphatic carbocycles. The molecule has 1 fully saturated rings. The van der Waals surface area contributed by atoms with E-state index in [1.165, 1.54) is 6.42 Å². The highest BCUT2D eigenvalue weighted by Crippen LogP contribution is 2.33. The van der Waals surface area contributed by atoms with Crippen LogP contribution in [0.25, 0.3) is 0 Å². The van der Waals surface area contributed by atoms with Gasteiger partial charge in [0.2, 0.25) is 5.91 Å². The minimum atomic E-state index is -0.549. The molecule has 0 saturated heterocycles. The zero-order valence-electron chi connectivity index (χ0n) is 12.0. The molecule has 106 valence electrons. The molecular weight excluding hydrogens is 228 g/mol. The largest absolute Gasteiger partial charge is 0.389 e. The molecule has 18 heavy (non-hydrogen) atoms. The van der Waals surface area contributed by atoms with Crippen LogP contribution in [0.3, 0.4) is 0 Å². The first-order chi connectivity index (χ1) is 8.47. The van der Waals surface area contributed by atoms with Crippen molar-refractivity contribution in [2.75, 3.05) is 27.2 Å². The molecule has 0 atom stereocenters. The number of nitrogens with one attached hydrogen (secondary N) is 1. The highest BCUT2D eigenvalue weighted by atomic mass is 16.3. The van der Waals surface area contributed by atoms with E-state index in [9.17, 15) is 9.90 Å². The number of nitrogens with zero attached hydrogens (tertiary/aromatic N) is 1. The van der Waals surface area contributed by atoms with E-state index in [4.69, 9.17) is 0 Å². The fraction of sp³-hybridized carbons (Fsp3) is 0.929. The summed E-state index contributed by atoms with van der Waals surface area (Å²) in [7, 11) is 3.53. The van der Waals surface area contributed by atoms with Crippen LogP contribution in [0.5, 0.6) is 0 Å². The molecule has 0 radical (unpaired) electrons. The second kappa shape index (κ2) is 7.10. The van der Waals surface area contributed by atoms with Crippen LogP contribution in [0, 0.1) is 5.92 Å². The van der Waals surface area contributed by atoms with Gasteiger partial charge in [-0.2, -0.15) is 0 Å². The van der Waals surface area contributed by atoms with Gasteiger partial charge in [0.25, 0.3) is 0 Å². The monoisotopic (exact) mass is 256 g/mol. The number of carbonyl (C=O) groups excluding carboxylic acids is 1. The normalized spacial score (nSPS) is 28.1. The fourth-order valence-electron chi connectivity index (χ4n) is 2.54. The van der Waals surface area contributed by atoms with E-state index >= 15 is 0 Å². The minimum Gasteiger partial charge on any atom is -0.389 e. The molecule has 0 spiro atoms. The van der Waals surface area contributed by atoms with Crippen molar-refractivity contribution in [2.24, 2.45) is 5.92 Å². The summed E-state index contributed by atoms with van der Waals surface area (Å²) in [6, 6.07) is 0. The molecule has 4 heteroatoms. The molecule has 0 aromatic heterocycles. The predicted octanol–water partition coefficient (Wildman–Crippen LogP) is 1.39. The summed E-state index contributed by atoms with van der Waals surface area (Å²) >= 11 is 0. The van der Waals surface area contributed by atoms with Crippen LogP contribution in [-0.4, -0.2) is 48.7 Å². The first kappa shape index (κ1) is 15.4. The Hall–Kier alpha value is -0.610. The van der Waals surface area contributed by atoms with Gasteiger partial charge in [0.1, 0.15) is 0 Å². The van der Waals surface area contributed by atoms with Crippen molar-refractivity contribution >= 4 is 5.91 Å². The molecule has 1 rings (SSSR count). The van der Waals surface area contributed by atoms with Crippen LogP contribution >= 0.6 is 0 Å². The van der Waals surface area contributed by atoms with Gasteiger partial charge >= 0.3 is 0 Å². The average molecular weight is 256 g/mol. The van der Waals surface area contributed by atoms with Gasteiger partial charge in [-0.15, -0.1) is 0 Å². The summed E-state index contributed by atoms with van der Waals surface area (Å²) in [5.74, 6) is 0.921. The van der Waals surface area contributed by atoms with Gasteiger partial charge in [-0.1, -0.05) is 13.3 Å². The molecule has 1 saturated carbocycles. The molecule has 1 aliphatic rings. The number of aliphatic hydroxyl groups is 1. The molecule has 0 unspecified atom stereocenters. The summed E-state index contributed by atoms with van der Waals surface area (Å²) < 4.78 is 0. The lowest BCUT2D eigenvalue weighted by Gasteiger charge is -2.36. The van der Waals surface area contributed by atoms with Gasteiger partial charge < -0.3 is 15.3 Å². The van der Waals surface area contributed by atoms with E-state index in [-0.39, 0.29) is 5.91 Å². The fourth-order valence-corrected chi connectivity index (χ4v) is 2.54. The van der Waals surface area contributed by atoms with E-state index < -0.39 is 5.60 Å². The van der Waals surface area contributed by atoms with Crippen molar-refractivity contribution in [1.29, 1.82) is 0 Å². The number of hydrogen-bond donors (Lipinski definition) is 2. The summed E-state index contributed by atoms with van der Waals surface area (Å²) in [5.41, 5.74) is -0.549. The Balaban J connectivity index is 2.17. The Kier molecular flexibility index (Phi) is 6.09. The van der Waals surface area contributed by atoms with Crippen LogP contribution in [0.4, 0.5) is 0 Å². The third-order valence-electron chi connectivity index (χ3n) is 4.08. The molecule has 0 bridgehead atoms. The highest BCUT2D eigenvalue weighted by Gasteiger charge is 2.31. The zero-order chi connectivity index (χ0) is 13.6. The van der Waals surface area contributed by atoms with Crippen LogP contribution in [0.2, 0.25) is 0 Å². The first-order valence-corrected chi connectivity index (χ1v) is 7.10. The Bertz CT molecular complexity index is 259. The van der Waals surface area contributed by atoms with Crippen molar-refractivity contribution < 1.29 is 9.90 Å². The number of amides is 1. The maximum Gasteiger partial charge on any atom is 0.223 e. The van der Waals surface area contributed by atoms with Gasteiger partial charge in [0.15, 0.2) is 0 Å². The predicted molar refractivity (Wildman–Crippen MR) is 73.4 cm³/mol. The van der Waals surface area contributed by atoms with E-state index in [0.29, 0.717) is 19.5 Å². The maximum atomic E-state index is 11.4. The molecular formula is C14H28N2O2. The minimum absolute atomic E-state index is 0.129. The lowest BCUT2D eigenvalue weighted by molar-refractivity contribution is -0.128. The van der Waals surface area contributed by atoms with Crippen LogP contribution < -0.4 is 5.32 Å². The summed E-state index contributed by atoms with van der Waals surface area (Å²) in [6.07, 6.45) is 5.76. The topological polar surface area (TPSA) is 52.6 Å². The number of hydrogen-bond acceptors (Lipinski definition) is 3. The molecule has 0 aromatic carbocycles. The van der Waals surface area contributed by atoms with Gasteiger partial charge in [-0.05, 0) is 31.6 Å². The Morgan fingerprint density at radius 1 is 1.39 bits per heavy atom. The van der Waals surface area contributed by atoms with E-state index in [2.05, 4.69) is 12.2 Å². The van der Waals surface area contributed by atoms with Crippen molar-refractivity contribution in [3.63, 3.8) is 0 Å². The molecule has 1 amide bonds. The van der Waals surface area contributed by atoms with Crippen LogP contribution in [0.15, 0.2) is 0 Å². The SMILES string of the molecule is CCC1CCC(O)(CNCCC(=O)N(C)C)CC1. The molecule has 0 heterocycles. The smallest absolute Gasteiger partial charge is 0.223 e. The van der Waals surface area contributed by atoms with Crippen molar-refractivity contribution in [3.05, 3.63) is 0 Å². The lowest BCUT2D eigenvalue weighted by atomic mass is 9.78. The van der Waals surface area contributed by atoms with Gasteiger partial charge in [-0.25, -0.2) is 0 Å². The average Bonchev–Trinajstić information content (AvgIpc) is 2.35. The van der Waals surface area contributed by atoms with Crippen molar-refractivity contribution in [1.82, 2.24) is 10.2 Å². The standard InChI is InChI=1S/C14H28N2O2/c1-4-12-5-8-14(18,9-6-12)11-15-10-7-13(17)16(2)3/h12,15,18H,4-11H2,1-3H3. The molecule has 2 N–H and O–H groups in total. The number of carbonyl (C=O) groups is 1. The molecule has 0 aliphatic heterocycles.